The largest absolute Gasteiger partial charge is 0.465 e. The molecule has 0 saturated carbocycles. The van der Waals surface area contributed by atoms with Crippen LogP contribution >= 0.6 is 0 Å². The number of hydrogen-bond acceptors (Lipinski definition) is 4. The summed E-state index contributed by atoms with van der Waals surface area (Å²) < 4.78 is 237. The Labute approximate surface area is 377 Å². The predicted molar refractivity (Wildman–Crippen MR) is 215 cm³/mol. The van der Waals surface area contributed by atoms with Crippen LogP contribution in [-0.4, -0.2) is 79.5 Å². The minimum absolute atomic E-state index is 0.0487. The van der Waals surface area contributed by atoms with E-state index in [1.165, 1.54) is 109 Å². The van der Waals surface area contributed by atoms with Gasteiger partial charge in [-0.1, -0.05) is 167 Å². The molecule has 0 aliphatic heterocycles. The third-order valence-corrected chi connectivity index (χ3v) is 11.3. The number of ether oxygens (including phenoxy) is 2. The molecule has 0 aromatic rings. The molecule has 0 heterocycles. The first-order valence-corrected chi connectivity index (χ1v) is 23.4. The number of rotatable bonds is 41. The highest BCUT2D eigenvalue weighted by Gasteiger charge is 2.95. The van der Waals surface area contributed by atoms with Crippen molar-refractivity contribution >= 4 is 12.1 Å². The number of nitrogens with one attached hydrogen (secondary N) is 1. The Bertz CT molecular complexity index is 1300. The second-order valence-corrected chi connectivity index (χ2v) is 17.0. The minimum atomic E-state index is -8.69. The SMILES string of the molecule is CCCCCCCCCCCCCCCCCCCCCCOC(=O)NCCCCCCCCCCC(=O)OCCC(F)(F)C(F)(F)C(F)(F)C(F)(F)C(F)(F)C(F)(F)C(F)(F)C(F)(F)F. The number of amides is 1. The molecule has 0 radical (unpaired) electrons. The van der Waals surface area contributed by atoms with Gasteiger partial charge in [0, 0.05) is 13.0 Å². The number of carbonyl (C=O) groups is 2. The van der Waals surface area contributed by atoms with Crippen LogP contribution in [0.3, 0.4) is 0 Å². The van der Waals surface area contributed by atoms with Gasteiger partial charge in [-0.25, -0.2) is 4.79 Å². The highest BCUT2D eigenvalue weighted by Crippen LogP contribution is 2.64. The summed E-state index contributed by atoms with van der Waals surface area (Å²) in [7, 11) is 0. The van der Waals surface area contributed by atoms with Gasteiger partial charge in [-0.3, -0.25) is 4.79 Å². The predicted octanol–water partition coefficient (Wildman–Crippen LogP) is 17.0. The fourth-order valence-electron chi connectivity index (χ4n) is 6.94. The van der Waals surface area contributed by atoms with Crippen LogP contribution in [0.25, 0.3) is 0 Å². The van der Waals surface area contributed by atoms with Crippen LogP contribution < -0.4 is 5.32 Å². The van der Waals surface area contributed by atoms with Gasteiger partial charge >= 0.3 is 59.7 Å². The Morgan fingerprint density at radius 3 is 1.06 bits per heavy atom. The lowest BCUT2D eigenvalue weighted by molar-refractivity contribution is -0.461. The maximum atomic E-state index is 14.0. The molecule has 0 bridgehead atoms. The third kappa shape index (κ3) is 20.6. The average Bonchev–Trinajstić information content (AvgIpc) is 3.22. The molecule has 0 atom stereocenters. The molecule has 0 saturated heterocycles. The van der Waals surface area contributed by atoms with Gasteiger partial charge in [0.25, 0.3) is 0 Å². The average molecular weight is 1000 g/mol. The maximum absolute atomic E-state index is 14.0. The van der Waals surface area contributed by atoms with Crippen LogP contribution in [0.2, 0.25) is 0 Å². The molecule has 0 spiro atoms. The maximum Gasteiger partial charge on any atom is 0.460 e. The van der Waals surface area contributed by atoms with Gasteiger partial charge in [0.05, 0.1) is 19.6 Å². The van der Waals surface area contributed by atoms with Crippen molar-refractivity contribution in [2.45, 2.75) is 247 Å². The van der Waals surface area contributed by atoms with E-state index in [9.17, 15) is 84.2 Å². The summed E-state index contributed by atoms with van der Waals surface area (Å²) in [5, 5.41) is 2.68. The van der Waals surface area contributed by atoms with Gasteiger partial charge in [-0.05, 0) is 19.3 Å². The third-order valence-electron chi connectivity index (χ3n) is 11.3. The topological polar surface area (TPSA) is 64.6 Å². The van der Waals surface area contributed by atoms with E-state index in [4.69, 9.17) is 4.74 Å². The van der Waals surface area contributed by atoms with E-state index in [0.29, 0.717) is 38.8 Å². The van der Waals surface area contributed by atoms with Crippen molar-refractivity contribution in [3.63, 3.8) is 0 Å². The second-order valence-electron chi connectivity index (χ2n) is 17.0. The molecule has 0 aromatic carbocycles. The summed E-state index contributed by atoms with van der Waals surface area (Å²) in [6.45, 7) is 1.07. The first kappa shape index (κ1) is 63.5. The number of hydrogen-bond donors (Lipinski definition) is 1. The van der Waals surface area contributed by atoms with E-state index >= 15 is 0 Å². The monoisotopic (exact) mass is 1000 g/mol. The highest BCUT2D eigenvalue weighted by atomic mass is 19.4. The molecular weight excluding hydrogens is 929 g/mol. The molecule has 22 heteroatoms. The summed E-state index contributed by atoms with van der Waals surface area (Å²) in [6, 6.07) is 0. The van der Waals surface area contributed by atoms with Gasteiger partial charge in [0.2, 0.25) is 0 Å². The lowest BCUT2D eigenvalue weighted by Crippen LogP contribution is -2.74. The molecule has 1 N–H and O–H groups in total. The zero-order chi connectivity index (χ0) is 50.6. The summed E-state index contributed by atoms with van der Waals surface area (Å²) in [5.74, 6) is -58.2. The molecule has 0 aliphatic rings. The van der Waals surface area contributed by atoms with Crippen molar-refractivity contribution in [1.82, 2.24) is 5.32 Å². The highest BCUT2D eigenvalue weighted by molar-refractivity contribution is 5.69. The van der Waals surface area contributed by atoms with Crippen LogP contribution in [-0.2, 0) is 14.3 Å². The van der Waals surface area contributed by atoms with Crippen LogP contribution in [0, 0.1) is 0 Å². The minimum Gasteiger partial charge on any atom is -0.465 e. The lowest BCUT2D eigenvalue weighted by Gasteiger charge is -2.42. The van der Waals surface area contributed by atoms with E-state index in [2.05, 4.69) is 17.0 Å². The molecule has 5 nitrogen and oxygen atoms in total. The van der Waals surface area contributed by atoms with Crippen molar-refractivity contribution < 1.29 is 93.7 Å². The zero-order valence-electron chi connectivity index (χ0n) is 37.9. The number of unbranched alkanes of at least 4 members (excludes halogenated alkanes) is 26. The molecule has 66 heavy (non-hydrogen) atoms. The molecule has 0 aromatic heterocycles. The molecule has 394 valence electrons. The van der Waals surface area contributed by atoms with Gasteiger partial charge in [-0.2, -0.15) is 74.6 Å². The lowest BCUT2D eigenvalue weighted by atomic mass is 9.88. The molecule has 0 fully saturated rings. The van der Waals surface area contributed by atoms with Gasteiger partial charge in [-0.15, -0.1) is 0 Å². The van der Waals surface area contributed by atoms with E-state index < -0.39 is 79.1 Å². The van der Waals surface area contributed by atoms with Crippen molar-refractivity contribution in [2.75, 3.05) is 19.8 Å². The van der Waals surface area contributed by atoms with Crippen molar-refractivity contribution in [1.29, 1.82) is 0 Å². The molecule has 1 amide bonds. The fraction of sp³-hybridized carbons (Fsp3) is 0.955. The van der Waals surface area contributed by atoms with E-state index in [0.717, 1.165) is 38.5 Å². The first-order valence-electron chi connectivity index (χ1n) is 23.4. The van der Waals surface area contributed by atoms with Crippen LogP contribution in [0.4, 0.5) is 79.4 Å². The number of alkyl halides is 17. The molecule has 0 aliphatic carbocycles. The smallest absolute Gasteiger partial charge is 0.460 e. The quantitative estimate of drug-likeness (QED) is 0.0377. The van der Waals surface area contributed by atoms with E-state index in [-0.39, 0.29) is 6.42 Å². The van der Waals surface area contributed by atoms with E-state index in [1.54, 1.807) is 0 Å². The number of halogens is 17. The van der Waals surface area contributed by atoms with Gasteiger partial charge in [0.1, 0.15) is 0 Å². The van der Waals surface area contributed by atoms with Crippen LogP contribution in [0.5, 0.6) is 0 Å². The van der Waals surface area contributed by atoms with Gasteiger partial charge in [0.15, 0.2) is 0 Å². The normalized spacial score (nSPS) is 13.6. The van der Waals surface area contributed by atoms with Gasteiger partial charge < -0.3 is 14.8 Å². The van der Waals surface area contributed by atoms with Crippen molar-refractivity contribution in [2.24, 2.45) is 0 Å². The Hall–Kier alpha value is -2.45. The summed E-state index contributed by atoms with van der Waals surface area (Å²) >= 11 is 0. The Morgan fingerprint density at radius 1 is 0.364 bits per heavy atom. The first-order chi connectivity index (χ1) is 30.6. The van der Waals surface area contributed by atoms with Crippen molar-refractivity contribution in [3.05, 3.63) is 0 Å². The second kappa shape index (κ2) is 30.9. The number of alkyl carbamates (subject to hydrolysis) is 1. The molecular formula is C44H70F17NO4. The Kier molecular flexibility index (Phi) is 29.8. The standard InChI is InChI=1S/C44H70F17NO4/c1-2-3-4-5-6-7-8-9-10-11-12-13-14-15-16-17-20-23-26-29-33-66-36(64)62-32-28-25-22-19-18-21-24-27-30-35(63)65-34-31-37(45,46)38(47,48)39(49,50)40(51,52)41(53,54)42(55,56)43(57,58)44(59,60)61/h2-34H2,1H3,(H,62,64). The fourth-order valence-corrected chi connectivity index (χ4v) is 6.94. The summed E-state index contributed by atoms with van der Waals surface area (Å²) in [4.78, 5) is 23.6. The van der Waals surface area contributed by atoms with Crippen LogP contribution in [0.1, 0.15) is 200 Å². The summed E-state index contributed by atoms with van der Waals surface area (Å²) in [5.41, 5.74) is 0. The Morgan fingerprint density at radius 2 is 0.682 bits per heavy atom. The van der Waals surface area contributed by atoms with Crippen LogP contribution in [0.15, 0.2) is 0 Å². The Balaban J connectivity index is 4.02. The summed E-state index contributed by atoms with van der Waals surface area (Å²) in [6.07, 6.45) is 18.5. The zero-order valence-corrected chi connectivity index (χ0v) is 37.9. The van der Waals surface area contributed by atoms with Crippen molar-refractivity contribution in [3.8, 4) is 0 Å². The van der Waals surface area contributed by atoms with E-state index in [1.807, 2.05) is 0 Å². The molecule has 0 rings (SSSR count). The number of carbonyl (C=O) groups excluding carboxylic acids is 2. The number of esters is 1. The molecule has 0 unspecified atom stereocenters.